The first-order chi connectivity index (χ1) is 7.20. The molecular weight excluding hydrogens is 281 g/mol. The zero-order valence-electron chi connectivity index (χ0n) is 7.78. The van der Waals surface area contributed by atoms with Gasteiger partial charge in [0, 0.05) is 13.2 Å². The van der Waals surface area contributed by atoms with Crippen LogP contribution in [0.1, 0.15) is 0 Å². The Labute approximate surface area is 99.6 Å². The second kappa shape index (κ2) is 4.16. The van der Waals surface area contributed by atoms with Gasteiger partial charge >= 0.3 is 0 Å². The van der Waals surface area contributed by atoms with Crippen molar-refractivity contribution in [2.24, 2.45) is 0 Å². The molecule has 2 aromatic heterocycles. The molecule has 0 fully saturated rings. The number of halogens is 2. The summed E-state index contributed by atoms with van der Waals surface area (Å²) in [6.07, 6.45) is 4.88. The fraction of sp³-hybridized carbons (Fsp3) is 0.125. The maximum Gasteiger partial charge on any atom is 0.224 e. The minimum atomic E-state index is 0.528. The number of nitrogens with zero attached hydrogens (tertiary/aromatic N) is 4. The number of aromatic nitrogens is 4. The first-order valence-electron chi connectivity index (χ1n) is 4.11. The summed E-state index contributed by atoms with van der Waals surface area (Å²) in [5.41, 5.74) is 0. The standard InChI is InChI=1S/C8H7BrClN5/c1-11-8-12-3-6(9)7(14-8)15-4-5(10)2-13-15/h2-4H,1H3,(H,11,12,14). The molecule has 0 radical (unpaired) electrons. The van der Waals surface area contributed by atoms with Gasteiger partial charge < -0.3 is 5.32 Å². The largest absolute Gasteiger partial charge is 0.357 e. The Kier molecular flexibility index (Phi) is 2.88. The lowest BCUT2D eigenvalue weighted by molar-refractivity contribution is 0.835. The van der Waals surface area contributed by atoms with E-state index in [1.165, 1.54) is 0 Å². The second-order valence-electron chi connectivity index (χ2n) is 2.72. The highest BCUT2D eigenvalue weighted by Gasteiger charge is 2.07. The van der Waals surface area contributed by atoms with E-state index in [9.17, 15) is 0 Å². The van der Waals surface area contributed by atoms with Gasteiger partial charge in [0.25, 0.3) is 0 Å². The predicted octanol–water partition coefficient (Wildman–Crippen LogP) is 2.12. The van der Waals surface area contributed by atoms with Crippen molar-refractivity contribution in [3.63, 3.8) is 0 Å². The number of rotatable bonds is 2. The number of hydrogen-bond donors (Lipinski definition) is 1. The first-order valence-corrected chi connectivity index (χ1v) is 5.28. The normalized spacial score (nSPS) is 10.3. The molecule has 0 spiro atoms. The second-order valence-corrected chi connectivity index (χ2v) is 4.01. The molecule has 0 saturated carbocycles. The SMILES string of the molecule is CNc1ncc(Br)c(-n2cc(Cl)cn2)n1. The van der Waals surface area contributed by atoms with E-state index < -0.39 is 0 Å². The third kappa shape index (κ3) is 2.10. The lowest BCUT2D eigenvalue weighted by Crippen LogP contribution is -2.04. The Morgan fingerprint density at radius 1 is 1.47 bits per heavy atom. The molecule has 0 amide bonds. The summed E-state index contributed by atoms with van der Waals surface area (Å²) in [5, 5.41) is 7.47. The van der Waals surface area contributed by atoms with Gasteiger partial charge in [-0.3, -0.25) is 0 Å². The number of nitrogens with one attached hydrogen (secondary N) is 1. The highest BCUT2D eigenvalue weighted by molar-refractivity contribution is 9.10. The van der Waals surface area contributed by atoms with E-state index in [0.717, 1.165) is 4.47 Å². The summed E-state index contributed by atoms with van der Waals surface area (Å²) >= 11 is 9.13. The Balaban J connectivity index is 2.51. The quantitative estimate of drug-likeness (QED) is 0.919. The topological polar surface area (TPSA) is 55.6 Å². The van der Waals surface area contributed by atoms with Crippen LogP contribution in [0, 0.1) is 0 Å². The number of anilines is 1. The molecule has 2 heterocycles. The predicted molar refractivity (Wildman–Crippen MR) is 61.4 cm³/mol. The number of hydrogen-bond acceptors (Lipinski definition) is 4. The molecule has 15 heavy (non-hydrogen) atoms. The van der Waals surface area contributed by atoms with E-state index in [1.54, 1.807) is 30.3 Å². The third-order valence-electron chi connectivity index (χ3n) is 1.72. The zero-order chi connectivity index (χ0) is 10.8. The van der Waals surface area contributed by atoms with Gasteiger partial charge in [0.1, 0.15) is 0 Å². The first kappa shape index (κ1) is 10.4. The van der Waals surface area contributed by atoms with E-state index in [1.807, 2.05) is 0 Å². The minimum absolute atomic E-state index is 0.528. The van der Waals surface area contributed by atoms with Crippen LogP contribution in [-0.2, 0) is 0 Å². The van der Waals surface area contributed by atoms with Gasteiger partial charge in [-0.2, -0.15) is 10.1 Å². The van der Waals surface area contributed by atoms with Crippen molar-refractivity contribution in [1.29, 1.82) is 0 Å². The van der Waals surface area contributed by atoms with Crippen LogP contribution in [0.25, 0.3) is 5.82 Å². The van der Waals surface area contributed by atoms with Crippen LogP contribution in [-0.4, -0.2) is 26.8 Å². The van der Waals surface area contributed by atoms with Crippen LogP contribution < -0.4 is 5.32 Å². The Morgan fingerprint density at radius 2 is 2.27 bits per heavy atom. The van der Waals surface area contributed by atoms with Gasteiger partial charge in [-0.1, -0.05) is 11.6 Å². The van der Waals surface area contributed by atoms with Gasteiger partial charge in [-0.05, 0) is 15.9 Å². The summed E-state index contributed by atoms with van der Waals surface area (Å²) in [7, 11) is 1.75. The minimum Gasteiger partial charge on any atom is -0.357 e. The zero-order valence-corrected chi connectivity index (χ0v) is 10.1. The Hall–Kier alpha value is -1.14. The summed E-state index contributed by atoms with van der Waals surface area (Å²) in [5.74, 6) is 1.17. The lowest BCUT2D eigenvalue weighted by Gasteiger charge is -2.04. The smallest absolute Gasteiger partial charge is 0.224 e. The summed E-state index contributed by atoms with van der Waals surface area (Å²) in [4.78, 5) is 8.29. The van der Waals surface area contributed by atoms with E-state index in [-0.39, 0.29) is 0 Å². The van der Waals surface area contributed by atoms with Crippen molar-refractivity contribution in [2.45, 2.75) is 0 Å². The Bertz CT molecular complexity index is 484. The van der Waals surface area contributed by atoms with Crippen molar-refractivity contribution < 1.29 is 0 Å². The molecule has 1 N–H and O–H groups in total. The molecule has 0 aliphatic rings. The highest BCUT2D eigenvalue weighted by atomic mass is 79.9. The van der Waals surface area contributed by atoms with Gasteiger partial charge in [0.15, 0.2) is 5.82 Å². The molecule has 0 unspecified atom stereocenters. The van der Waals surface area contributed by atoms with Crippen molar-refractivity contribution in [1.82, 2.24) is 19.7 Å². The monoisotopic (exact) mass is 287 g/mol. The molecule has 0 aromatic carbocycles. The molecule has 2 rings (SSSR count). The molecule has 78 valence electrons. The van der Waals surface area contributed by atoms with Crippen LogP contribution >= 0.6 is 27.5 Å². The molecule has 0 bridgehead atoms. The van der Waals surface area contributed by atoms with Crippen molar-refractivity contribution in [2.75, 3.05) is 12.4 Å². The molecule has 0 aliphatic carbocycles. The van der Waals surface area contributed by atoms with E-state index >= 15 is 0 Å². The maximum absolute atomic E-state index is 5.78. The van der Waals surface area contributed by atoms with Crippen LogP contribution in [0.3, 0.4) is 0 Å². The molecule has 0 aliphatic heterocycles. The molecule has 0 atom stereocenters. The summed E-state index contributed by atoms with van der Waals surface area (Å²) in [6.45, 7) is 0. The summed E-state index contributed by atoms with van der Waals surface area (Å²) < 4.78 is 2.33. The molecule has 2 aromatic rings. The van der Waals surface area contributed by atoms with E-state index in [0.29, 0.717) is 16.8 Å². The van der Waals surface area contributed by atoms with E-state index in [2.05, 4.69) is 36.3 Å². The van der Waals surface area contributed by atoms with Gasteiger partial charge in [0.2, 0.25) is 5.95 Å². The van der Waals surface area contributed by atoms with Crippen LogP contribution in [0.5, 0.6) is 0 Å². The Morgan fingerprint density at radius 3 is 2.87 bits per heavy atom. The van der Waals surface area contributed by atoms with E-state index in [4.69, 9.17) is 11.6 Å². The molecule has 5 nitrogen and oxygen atoms in total. The van der Waals surface area contributed by atoms with Gasteiger partial charge in [-0.25, -0.2) is 9.67 Å². The van der Waals surface area contributed by atoms with Gasteiger partial charge in [0.05, 0.1) is 21.9 Å². The third-order valence-corrected chi connectivity index (χ3v) is 2.47. The maximum atomic E-state index is 5.78. The molecular formula is C8H7BrClN5. The fourth-order valence-corrected chi connectivity index (χ4v) is 1.56. The lowest BCUT2D eigenvalue weighted by atomic mass is 10.6. The molecule has 0 saturated heterocycles. The van der Waals surface area contributed by atoms with Crippen molar-refractivity contribution in [3.05, 3.63) is 28.1 Å². The average molecular weight is 289 g/mol. The average Bonchev–Trinajstić information content (AvgIpc) is 2.65. The fourth-order valence-electron chi connectivity index (χ4n) is 1.06. The van der Waals surface area contributed by atoms with Crippen molar-refractivity contribution in [3.8, 4) is 5.82 Å². The van der Waals surface area contributed by atoms with Crippen LogP contribution in [0.15, 0.2) is 23.1 Å². The van der Waals surface area contributed by atoms with Crippen LogP contribution in [0.4, 0.5) is 5.95 Å². The highest BCUT2D eigenvalue weighted by Crippen LogP contribution is 2.19. The van der Waals surface area contributed by atoms with Crippen molar-refractivity contribution >= 4 is 33.5 Å². The summed E-state index contributed by atoms with van der Waals surface area (Å²) in [6, 6.07) is 0. The van der Waals surface area contributed by atoms with Gasteiger partial charge in [-0.15, -0.1) is 0 Å². The van der Waals surface area contributed by atoms with Crippen LogP contribution in [0.2, 0.25) is 5.02 Å². The molecule has 7 heteroatoms.